The number of fused-ring (bicyclic) bond motifs is 3. The van der Waals surface area contributed by atoms with Gasteiger partial charge in [0.2, 0.25) is 0 Å². The third-order valence-corrected chi connectivity index (χ3v) is 7.25. The molecule has 2 aliphatic heterocycles. The second-order valence-electron chi connectivity index (χ2n) is 8.18. The maximum Gasteiger partial charge on any atom is 0.268 e. The van der Waals surface area contributed by atoms with Crippen molar-refractivity contribution in [3.63, 3.8) is 0 Å². The van der Waals surface area contributed by atoms with Crippen molar-refractivity contribution in [3.8, 4) is 16.2 Å². The number of piperazine rings is 1. The Morgan fingerprint density at radius 1 is 1.06 bits per heavy atom. The normalized spacial score (nSPS) is 15.7. The molecule has 1 aromatic heterocycles. The monoisotopic (exact) mass is 455 g/mol. The van der Waals surface area contributed by atoms with E-state index in [0.29, 0.717) is 11.5 Å². The molecule has 2 aliphatic rings. The van der Waals surface area contributed by atoms with Crippen LogP contribution < -0.4 is 14.5 Å². The molecule has 3 aromatic rings. The first-order valence-corrected chi connectivity index (χ1v) is 11.3. The van der Waals surface area contributed by atoms with Crippen LogP contribution in [-0.4, -0.2) is 51.1 Å². The number of hydrogen-bond acceptors (Lipinski definition) is 5. The summed E-state index contributed by atoms with van der Waals surface area (Å²) < 4.78 is 33.4. The van der Waals surface area contributed by atoms with Gasteiger partial charge in [-0.1, -0.05) is 0 Å². The van der Waals surface area contributed by atoms with Crippen LogP contribution in [0.15, 0.2) is 42.5 Å². The first-order chi connectivity index (χ1) is 15.4. The molecule has 2 aromatic carbocycles. The molecule has 0 unspecified atom stereocenters. The molecule has 0 saturated carbocycles. The van der Waals surface area contributed by atoms with Crippen LogP contribution in [-0.2, 0) is 6.61 Å². The molecular formula is C24H23F2N3O2S. The number of carbonyl (C=O) groups is 1. The van der Waals surface area contributed by atoms with Crippen molar-refractivity contribution in [1.82, 2.24) is 4.90 Å². The number of hydrogen-bond donors (Lipinski definition) is 0. The maximum atomic E-state index is 14.2. The van der Waals surface area contributed by atoms with Crippen LogP contribution in [0.3, 0.4) is 0 Å². The van der Waals surface area contributed by atoms with Gasteiger partial charge in [0.25, 0.3) is 5.91 Å². The van der Waals surface area contributed by atoms with Gasteiger partial charge in [-0.3, -0.25) is 4.79 Å². The minimum absolute atomic E-state index is 0.0387. The average Bonchev–Trinajstić information content (AvgIpc) is 3.23. The molecule has 1 amide bonds. The number of benzene rings is 2. The zero-order valence-electron chi connectivity index (χ0n) is 17.9. The Balaban J connectivity index is 1.45. The lowest BCUT2D eigenvalue weighted by atomic mass is 10.0. The lowest BCUT2D eigenvalue weighted by Gasteiger charge is -2.34. The molecule has 1 fully saturated rings. The molecule has 0 radical (unpaired) electrons. The highest BCUT2D eigenvalue weighted by atomic mass is 32.1. The molecule has 0 atom stereocenters. The Morgan fingerprint density at radius 2 is 1.84 bits per heavy atom. The fraction of sp³-hybridized carbons (Fsp3) is 0.292. The van der Waals surface area contributed by atoms with Crippen LogP contribution in [0, 0.1) is 11.6 Å². The van der Waals surface area contributed by atoms with E-state index in [1.54, 1.807) is 0 Å². The quantitative estimate of drug-likeness (QED) is 0.578. The van der Waals surface area contributed by atoms with Gasteiger partial charge in [0.15, 0.2) is 0 Å². The van der Waals surface area contributed by atoms with Gasteiger partial charge in [-0.25, -0.2) is 8.78 Å². The van der Waals surface area contributed by atoms with Crippen LogP contribution in [0.2, 0.25) is 0 Å². The molecule has 166 valence electrons. The van der Waals surface area contributed by atoms with Gasteiger partial charge in [-0.2, -0.15) is 0 Å². The number of thiophene rings is 1. The first-order valence-electron chi connectivity index (χ1n) is 10.5. The highest BCUT2D eigenvalue weighted by molar-refractivity contribution is 7.17. The van der Waals surface area contributed by atoms with Crippen LogP contribution >= 0.6 is 11.3 Å². The number of amides is 1. The van der Waals surface area contributed by atoms with Gasteiger partial charge in [-0.15, -0.1) is 11.3 Å². The van der Waals surface area contributed by atoms with Crippen molar-refractivity contribution in [2.24, 2.45) is 0 Å². The van der Waals surface area contributed by atoms with Crippen LogP contribution in [0.5, 0.6) is 5.75 Å². The minimum atomic E-state index is -0.771. The van der Waals surface area contributed by atoms with Gasteiger partial charge in [0.05, 0.1) is 10.6 Å². The predicted octanol–water partition coefficient (Wildman–Crippen LogP) is 4.61. The molecule has 0 spiro atoms. The Kier molecular flexibility index (Phi) is 5.35. The molecule has 1 saturated heterocycles. The van der Waals surface area contributed by atoms with Crippen molar-refractivity contribution in [1.29, 1.82) is 0 Å². The van der Waals surface area contributed by atoms with Gasteiger partial charge in [0, 0.05) is 61.0 Å². The van der Waals surface area contributed by atoms with E-state index in [2.05, 4.69) is 29.0 Å². The highest BCUT2D eigenvalue weighted by Crippen LogP contribution is 2.44. The first kappa shape index (κ1) is 20.9. The zero-order chi connectivity index (χ0) is 22.4. The Labute approximate surface area is 189 Å². The lowest BCUT2D eigenvalue weighted by molar-refractivity contribution is 0.0996. The highest BCUT2D eigenvalue weighted by Gasteiger charge is 2.26. The SMILES string of the molecule is CN1CCN(c2ccc3c(c2)-c2sc(C(=O)N(C)c4ccc(F)cc4F)cc2CO3)CC1. The Bertz CT molecular complexity index is 1190. The average molecular weight is 456 g/mol. The van der Waals surface area contributed by atoms with Gasteiger partial charge in [-0.05, 0) is 43.4 Å². The number of rotatable bonds is 3. The van der Waals surface area contributed by atoms with Crippen LogP contribution in [0.25, 0.3) is 10.4 Å². The molecule has 5 rings (SSSR count). The predicted molar refractivity (Wildman–Crippen MR) is 123 cm³/mol. The van der Waals surface area contributed by atoms with Crippen molar-refractivity contribution in [2.45, 2.75) is 6.61 Å². The van der Waals surface area contributed by atoms with E-state index in [-0.39, 0.29) is 11.6 Å². The number of carbonyl (C=O) groups excluding carboxylic acids is 1. The summed E-state index contributed by atoms with van der Waals surface area (Å²) in [4.78, 5) is 20.5. The summed E-state index contributed by atoms with van der Waals surface area (Å²) in [6, 6.07) is 11.2. The van der Waals surface area contributed by atoms with E-state index >= 15 is 0 Å². The molecule has 0 N–H and O–H groups in total. The lowest BCUT2D eigenvalue weighted by Crippen LogP contribution is -2.44. The van der Waals surface area contributed by atoms with E-state index in [9.17, 15) is 13.6 Å². The second-order valence-corrected chi connectivity index (χ2v) is 9.24. The smallest absolute Gasteiger partial charge is 0.268 e. The summed E-state index contributed by atoms with van der Waals surface area (Å²) in [7, 11) is 3.62. The molecule has 3 heterocycles. The number of nitrogens with zero attached hydrogens (tertiary/aromatic N) is 3. The maximum absolute atomic E-state index is 14.2. The summed E-state index contributed by atoms with van der Waals surface area (Å²) >= 11 is 1.38. The number of anilines is 2. The van der Waals surface area contributed by atoms with E-state index < -0.39 is 11.6 Å². The van der Waals surface area contributed by atoms with Gasteiger partial charge >= 0.3 is 0 Å². The summed E-state index contributed by atoms with van der Waals surface area (Å²) in [5.41, 5.74) is 3.09. The molecular weight excluding hydrogens is 432 g/mol. The fourth-order valence-corrected chi connectivity index (χ4v) is 5.30. The fourth-order valence-electron chi connectivity index (χ4n) is 4.14. The van der Waals surface area contributed by atoms with Gasteiger partial charge in [0.1, 0.15) is 24.0 Å². The molecule has 5 nitrogen and oxygen atoms in total. The second kappa shape index (κ2) is 8.18. The van der Waals surface area contributed by atoms with Crippen LogP contribution in [0.1, 0.15) is 15.2 Å². The van der Waals surface area contributed by atoms with Crippen molar-refractivity contribution < 1.29 is 18.3 Å². The van der Waals surface area contributed by atoms with Crippen molar-refractivity contribution in [3.05, 3.63) is 64.5 Å². The van der Waals surface area contributed by atoms with Crippen molar-refractivity contribution >= 4 is 28.6 Å². The third-order valence-electron chi connectivity index (χ3n) is 6.05. The van der Waals surface area contributed by atoms with E-state index in [1.807, 2.05) is 12.1 Å². The van der Waals surface area contributed by atoms with E-state index in [1.165, 1.54) is 29.4 Å². The molecule has 0 bridgehead atoms. The summed E-state index contributed by atoms with van der Waals surface area (Å²) in [5, 5.41) is 0. The number of likely N-dealkylation sites (N-methyl/N-ethyl adjacent to an activating group) is 1. The number of ether oxygens (including phenoxy) is 1. The van der Waals surface area contributed by atoms with Gasteiger partial charge < -0.3 is 19.4 Å². The largest absolute Gasteiger partial charge is 0.488 e. The minimum Gasteiger partial charge on any atom is -0.488 e. The topological polar surface area (TPSA) is 36.0 Å². The third kappa shape index (κ3) is 3.73. The Hall–Kier alpha value is -2.97. The molecule has 32 heavy (non-hydrogen) atoms. The summed E-state index contributed by atoms with van der Waals surface area (Å²) in [6.07, 6.45) is 0. The Morgan fingerprint density at radius 3 is 2.59 bits per heavy atom. The standard InChI is InChI=1S/C24H23F2N3O2S/c1-27-7-9-29(10-8-27)17-4-6-21-18(13-17)23-15(14-31-21)11-22(32-23)24(30)28(2)20-5-3-16(25)12-19(20)26/h3-6,11-13H,7-10,14H2,1-2H3. The van der Waals surface area contributed by atoms with E-state index in [4.69, 9.17) is 4.74 Å². The summed E-state index contributed by atoms with van der Waals surface area (Å²) in [5.74, 6) is -0.989. The van der Waals surface area contributed by atoms with Crippen LogP contribution in [0.4, 0.5) is 20.2 Å². The van der Waals surface area contributed by atoms with Crippen molar-refractivity contribution in [2.75, 3.05) is 50.1 Å². The number of halogens is 2. The summed E-state index contributed by atoms with van der Waals surface area (Å²) in [6.45, 7) is 4.34. The molecule has 0 aliphatic carbocycles. The zero-order valence-corrected chi connectivity index (χ0v) is 18.7. The molecule has 8 heteroatoms. The van der Waals surface area contributed by atoms with E-state index in [0.717, 1.165) is 65.8 Å².